The number of carbonyl (C=O) groups excluding carboxylic acids is 3. The minimum absolute atomic E-state index is 0.0121. The Balaban J connectivity index is 1.51. The lowest BCUT2D eigenvalue weighted by molar-refractivity contribution is -0.275. The quantitative estimate of drug-likeness (QED) is 0.124. The molecule has 2 amide bonds. The molecule has 206 valence electrons. The highest BCUT2D eigenvalue weighted by molar-refractivity contribution is 8.18. The van der Waals surface area contributed by atoms with E-state index in [1.807, 2.05) is 6.92 Å². The van der Waals surface area contributed by atoms with E-state index in [0.29, 0.717) is 34.6 Å². The van der Waals surface area contributed by atoms with Crippen LogP contribution in [0.25, 0.3) is 17.0 Å². The van der Waals surface area contributed by atoms with Crippen LogP contribution in [0.3, 0.4) is 0 Å². The third-order valence-electron chi connectivity index (χ3n) is 5.94. The van der Waals surface area contributed by atoms with E-state index in [9.17, 15) is 27.6 Å². The Morgan fingerprint density at radius 2 is 1.97 bits per heavy atom. The number of nitrogens with zero attached hydrogens (tertiary/aromatic N) is 3. The molecule has 1 fully saturated rings. The van der Waals surface area contributed by atoms with Gasteiger partial charge in [-0.2, -0.15) is 23.2 Å². The lowest BCUT2D eigenvalue weighted by Gasteiger charge is -2.18. The Kier molecular flexibility index (Phi) is 8.67. The van der Waals surface area contributed by atoms with Gasteiger partial charge in [-0.1, -0.05) is 37.1 Å². The van der Waals surface area contributed by atoms with E-state index in [0.717, 1.165) is 17.4 Å². The molecule has 1 aliphatic rings. The van der Waals surface area contributed by atoms with E-state index in [2.05, 4.69) is 5.10 Å². The number of aromatic nitrogens is 2. The molecule has 1 atom stereocenters. The van der Waals surface area contributed by atoms with Crippen molar-refractivity contribution in [3.8, 4) is 0 Å². The number of amides is 2. The highest BCUT2D eigenvalue weighted by atomic mass is 35.5. The SMILES string of the molecule is CCCCOOC(=O)C(C)N1C(=O)SC(=Cc2ccc3c(cnn3Cc3ccc(Cl)cc3C(F)(F)F)c2)C1=O. The molecule has 1 aliphatic heterocycles. The first-order chi connectivity index (χ1) is 18.5. The van der Waals surface area contributed by atoms with E-state index in [1.165, 1.54) is 36.0 Å². The van der Waals surface area contributed by atoms with E-state index >= 15 is 0 Å². The summed E-state index contributed by atoms with van der Waals surface area (Å²) in [6.07, 6.45) is -0.0494. The maximum Gasteiger partial charge on any atom is 0.416 e. The van der Waals surface area contributed by atoms with Crippen LogP contribution in [0.4, 0.5) is 18.0 Å². The predicted octanol–water partition coefficient (Wildman–Crippen LogP) is 6.46. The maximum atomic E-state index is 13.5. The average Bonchev–Trinajstić information content (AvgIpc) is 3.40. The van der Waals surface area contributed by atoms with Crippen LogP contribution in [0.5, 0.6) is 0 Å². The highest BCUT2D eigenvalue weighted by Crippen LogP contribution is 2.36. The molecular formula is C26H23ClF3N3O5S. The molecule has 13 heteroatoms. The molecule has 2 aromatic carbocycles. The second-order valence-corrected chi connectivity index (χ2v) is 10.2. The Morgan fingerprint density at radius 3 is 2.69 bits per heavy atom. The fourth-order valence-electron chi connectivity index (χ4n) is 3.88. The molecule has 0 aliphatic carbocycles. The monoisotopic (exact) mass is 581 g/mol. The molecule has 1 unspecified atom stereocenters. The topological polar surface area (TPSA) is 90.7 Å². The number of alkyl halides is 3. The molecule has 1 aromatic heterocycles. The zero-order valence-corrected chi connectivity index (χ0v) is 22.4. The number of rotatable bonds is 9. The summed E-state index contributed by atoms with van der Waals surface area (Å²) in [4.78, 5) is 48.1. The zero-order valence-electron chi connectivity index (χ0n) is 20.8. The van der Waals surface area contributed by atoms with E-state index in [1.54, 1.807) is 18.2 Å². The van der Waals surface area contributed by atoms with Gasteiger partial charge in [-0.3, -0.25) is 24.1 Å². The molecule has 4 rings (SSSR count). The van der Waals surface area contributed by atoms with Crippen molar-refractivity contribution in [1.29, 1.82) is 0 Å². The summed E-state index contributed by atoms with van der Waals surface area (Å²) < 4.78 is 41.9. The molecule has 2 heterocycles. The third-order valence-corrected chi connectivity index (χ3v) is 7.05. The van der Waals surface area contributed by atoms with Crippen molar-refractivity contribution in [2.45, 2.75) is 45.5 Å². The normalized spacial score (nSPS) is 15.9. The Morgan fingerprint density at radius 1 is 1.21 bits per heavy atom. The summed E-state index contributed by atoms with van der Waals surface area (Å²) >= 11 is 6.46. The fraction of sp³-hybridized carbons (Fsp3) is 0.308. The van der Waals surface area contributed by atoms with Crippen molar-refractivity contribution >= 4 is 57.5 Å². The van der Waals surface area contributed by atoms with Crippen molar-refractivity contribution in [3.05, 3.63) is 69.2 Å². The fourth-order valence-corrected chi connectivity index (χ4v) is 4.96. The van der Waals surface area contributed by atoms with Crippen LogP contribution in [0.1, 0.15) is 43.4 Å². The smallest absolute Gasteiger partial charge is 0.296 e. The second kappa shape index (κ2) is 11.8. The first-order valence-electron chi connectivity index (χ1n) is 11.9. The number of hydrogen-bond donors (Lipinski definition) is 0. The van der Waals surface area contributed by atoms with Crippen LogP contribution in [0, 0.1) is 0 Å². The van der Waals surface area contributed by atoms with Gasteiger partial charge in [-0.25, -0.2) is 4.79 Å². The largest absolute Gasteiger partial charge is 0.416 e. The molecule has 3 aromatic rings. The molecule has 0 spiro atoms. The highest BCUT2D eigenvalue weighted by Gasteiger charge is 2.42. The lowest BCUT2D eigenvalue weighted by atomic mass is 10.1. The summed E-state index contributed by atoms with van der Waals surface area (Å²) in [5.74, 6) is -1.51. The maximum absolute atomic E-state index is 13.5. The number of imide groups is 1. The van der Waals surface area contributed by atoms with E-state index in [-0.39, 0.29) is 28.6 Å². The summed E-state index contributed by atoms with van der Waals surface area (Å²) in [5, 5.41) is 4.20. The summed E-state index contributed by atoms with van der Waals surface area (Å²) in [6.45, 7) is 3.39. The van der Waals surface area contributed by atoms with Crippen LogP contribution in [0.15, 0.2) is 47.5 Å². The molecule has 1 saturated heterocycles. The Bertz CT molecular complexity index is 1460. The minimum atomic E-state index is -4.57. The van der Waals surface area contributed by atoms with Crippen molar-refractivity contribution in [3.63, 3.8) is 0 Å². The minimum Gasteiger partial charge on any atom is -0.296 e. The van der Waals surface area contributed by atoms with Gasteiger partial charge >= 0.3 is 12.1 Å². The van der Waals surface area contributed by atoms with Crippen molar-refractivity contribution in [1.82, 2.24) is 14.7 Å². The van der Waals surface area contributed by atoms with Gasteiger partial charge in [-0.15, -0.1) is 0 Å². The number of fused-ring (bicyclic) bond motifs is 1. The lowest BCUT2D eigenvalue weighted by Crippen LogP contribution is -2.42. The predicted molar refractivity (Wildman–Crippen MR) is 140 cm³/mol. The van der Waals surface area contributed by atoms with Gasteiger partial charge in [0, 0.05) is 10.4 Å². The number of carbonyl (C=O) groups is 3. The van der Waals surface area contributed by atoms with Crippen molar-refractivity contribution in [2.75, 3.05) is 6.61 Å². The Hall–Kier alpha value is -3.35. The molecule has 8 nitrogen and oxygen atoms in total. The van der Waals surface area contributed by atoms with Crippen molar-refractivity contribution in [2.24, 2.45) is 0 Å². The standard InChI is InChI=1S/C26H23ClF3N3O5S/c1-3-4-9-37-38-24(35)15(2)33-23(34)22(39-25(33)36)11-16-5-8-21-18(10-16)13-31-32(21)14-17-6-7-19(27)12-20(17)26(28,29)30/h5-8,10-13,15H,3-4,9,14H2,1-2H3. The van der Waals surface area contributed by atoms with Crippen LogP contribution < -0.4 is 0 Å². The van der Waals surface area contributed by atoms with Gasteiger partial charge in [0.05, 0.1) is 35.3 Å². The summed E-state index contributed by atoms with van der Waals surface area (Å²) in [7, 11) is 0. The first kappa shape index (κ1) is 28.7. The molecule has 0 bridgehead atoms. The number of hydrogen-bond acceptors (Lipinski definition) is 7. The average molecular weight is 582 g/mol. The molecule has 0 radical (unpaired) electrons. The van der Waals surface area contributed by atoms with Crippen LogP contribution in [0.2, 0.25) is 5.02 Å². The van der Waals surface area contributed by atoms with Crippen molar-refractivity contribution < 1.29 is 37.3 Å². The third kappa shape index (κ3) is 6.45. The second-order valence-electron chi connectivity index (χ2n) is 8.73. The zero-order chi connectivity index (χ0) is 28.3. The van der Waals surface area contributed by atoms with Crippen LogP contribution in [-0.4, -0.2) is 44.4 Å². The van der Waals surface area contributed by atoms with E-state index < -0.39 is 34.9 Å². The number of halogens is 4. The molecule has 39 heavy (non-hydrogen) atoms. The van der Waals surface area contributed by atoms with Crippen LogP contribution in [-0.2, 0) is 32.1 Å². The molecule has 0 N–H and O–H groups in total. The first-order valence-corrected chi connectivity index (χ1v) is 13.1. The summed E-state index contributed by atoms with van der Waals surface area (Å²) in [6, 6.07) is 7.42. The van der Waals surface area contributed by atoms with E-state index in [4.69, 9.17) is 21.4 Å². The molecular weight excluding hydrogens is 559 g/mol. The molecule has 0 saturated carbocycles. The number of benzene rings is 2. The van der Waals surface area contributed by atoms with Gasteiger partial charge in [0.15, 0.2) is 0 Å². The van der Waals surface area contributed by atoms with Gasteiger partial charge in [0.25, 0.3) is 11.1 Å². The van der Waals surface area contributed by atoms with Gasteiger partial charge in [0.2, 0.25) is 0 Å². The van der Waals surface area contributed by atoms with Gasteiger partial charge < -0.3 is 0 Å². The Labute approximate surface area is 230 Å². The summed E-state index contributed by atoms with van der Waals surface area (Å²) in [5.41, 5.74) is 0.311. The number of thioether (sulfide) groups is 1. The van der Waals surface area contributed by atoms with Crippen LogP contribution >= 0.6 is 23.4 Å². The van der Waals surface area contributed by atoms with Gasteiger partial charge in [-0.05, 0) is 66.6 Å². The van der Waals surface area contributed by atoms with Gasteiger partial charge in [0.1, 0.15) is 6.04 Å². The number of unbranched alkanes of at least 4 members (excludes halogenated alkanes) is 1.